The van der Waals surface area contributed by atoms with Crippen LogP contribution in [-0.4, -0.2) is 47.2 Å². The van der Waals surface area contributed by atoms with E-state index in [-0.39, 0.29) is 24.7 Å². The van der Waals surface area contributed by atoms with Crippen LogP contribution in [0.4, 0.5) is 5.69 Å². The van der Waals surface area contributed by atoms with Crippen LogP contribution in [0.1, 0.15) is 36.2 Å². The fraction of sp³-hybridized carbons (Fsp3) is 0.318. The largest absolute Gasteiger partial charge is 0.375 e. The Morgan fingerprint density at radius 2 is 1.69 bits per heavy atom. The van der Waals surface area contributed by atoms with Gasteiger partial charge in [0.1, 0.15) is 6.54 Å². The highest BCUT2D eigenvalue weighted by atomic mass is 79.9. The number of amides is 2. The van der Waals surface area contributed by atoms with Crippen LogP contribution in [0.5, 0.6) is 0 Å². The fourth-order valence-corrected chi connectivity index (χ4v) is 3.88. The average molecular weight is 459 g/mol. The highest BCUT2D eigenvalue weighted by molar-refractivity contribution is 9.10. The lowest BCUT2D eigenvalue weighted by atomic mass is 9.88. The van der Waals surface area contributed by atoms with E-state index < -0.39 is 11.5 Å². The summed E-state index contributed by atoms with van der Waals surface area (Å²) in [6.07, 6.45) is -0.388. The normalized spacial score (nSPS) is 17.9. The van der Waals surface area contributed by atoms with Crippen molar-refractivity contribution in [3.63, 3.8) is 0 Å². The van der Waals surface area contributed by atoms with Crippen molar-refractivity contribution in [3.05, 3.63) is 64.1 Å². The number of nitrogens with zero attached hydrogens (tertiary/aromatic N) is 2. The number of anilines is 1. The third kappa shape index (κ3) is 3.97. The van der Waals surface area contributed by atoms with Gasteiger partial charge in [0, 0.05) is 28.7 Å². The predicted molar refractivity (Wildman–Crippen MR) is 114 cm³/mol. The standard InChI is InChI=1S/C22H23BrN2O4/c1-3-24(4-2)20(27)14-25-18-8-6-5-7-17(18)22(29,21(25)28)13-19(26)15-9-11-16(23)12-10-15/h5-12,29H,3-4,13-14H2,1-2H3/t22-/m1/s1. The third-order valence-electron chi connectivity index (χ3n) is 5.23. The maximum absolute atomic E-state index is 13.2. The Balaban J connectivity index is 1.91. The maximum Gasteiger partial charge on any atom is 0.264 e. The summed E-state index contributed by atoms with van der Waals surface area (Å²) in [6, 6.07) is 13.5. The van der Waals surface area contributed by atoms with E-state index in [1.165, 1.54) is 4.90 Å². The molecule has 3 rings (SSSR count). The smallest absolute Gasteiger partial charge is 0.264 e. The van der Waals surface area contributed by atoms with Crippen LogP contribution in [0.15, 0.2) is 53.0 Å². The second-order valence-electron chi connectivity index (χ2n) is 6.94. The van der Waals surface area contributed by atoms with Gasteiger partial charge in [-0.2, -0.15) is 0 Å². The third-order valence-corrected chi connectivity index (χ3v) is 5.76. The number of rotatable bonds is 7. The summed E-state index contributed by atoms with van der Waals surface area (Å²) in [5.74, 6) is -1.20. The number of fused-ring (bicyclic) bond motifs is 1. The van der Waals surface area contributed by atoms with E-state index in [9.17, 15) is 19.5 Å². The van der Waals surface area contributed by atoms with Crippen LogP contribution in [0.3, 0.4) is 0 Å². The molecule has 0 bridgehead atoms. The number of hydrogen-bond donors (Lipinski definition) is 1. The van der Waals surface area contributed by atoms with Crippen molar-refractivity contribution in [2.45, 2.75) is 25.9 Å². The van der Waals surface area contributed by atoms with Gasteiger partial charge in [-0.05, 0) is 32.0 Å². The number of carbonyl (C=O) groups is 3. The van der Waals surface area contributed by atoms with Gasteiger partial charge in [0.05, 0.1) is 12.1 Å². The molecule has 0 saturated heterocycles. The van der Waals surface area contributed by atoms with E-state index in [2.05, 4.69) is 15.9 Å². The number of Topliss-reactive ketones (excluding diaryl/α,β-unsaturated/α-hetero) is 1. The molecule has 0 radical (unpaired) electrons. The van der Waals surface area contributed by atoms with Crippen molar-refractivity contribution in [2.75, 3.05) is 24.5 Å². The number of halogens is 1. The van der Waals surface area contributed by atoms with Crippen molar-refractivity contribution in [2.24, 2.45) is 0 Å². The number of benzene rings is 2. The van der Waals surface area contributed by atoms with Crippen molar-refractivity contribution in [3.8, 4) is 0 Å². The van der Waals surface area contributed by atoms with E-state index in [0.29, 0.717) is 29.9 Å². The molecule has 2 aromatic rings. The highest BCUT2D eigenvalue weighted by Crippen LogP contribution is 2.42. The minimum atomic E-state index is -2.00. The molecule has 1 heterocycles. The molecule has 2 amide bonds. The molecule has 0 aliphatic carbocycles. The maximum atomic E-state index is 13.2. The Morgan fingerprint density at radius 1 is 1.07 bits per heavy atom. The minimum absolute atomic E-state index is 0.174. The first-order chi connectivity index (χ1) is 13.8. The molecule has 0 unspecified atom stereocenters. The van der Waals surface area contributed by atoms with Crippen molar-refractivity contribution < 1.29 is 19.5 Å². The number of carbonyl (C=O) groups excluding carboxylic acids is 3. The average Bonchev–Trinajstić information content (AvgIpc) is 2.91. The Hall–Kier alpha value is -2.51. The summed E-state index contributed by atoms with van der Waals surface area (Å²) in [4.78, 5) is 41.5. The van der Waals surface area contributed by atoms with Gasteiger partial charge >= 0.3 is 0 Å². The Kier molecular flexibility index (Phi) is 6.19. The molecule has 0 saturated carbocycles. The monoisotopic (exact) mass is 458 g/mol. The Labute approximate surface area is 178 Å². The summed E-state index contributed by atoms with van der Waals surface area (Å²) >= 11 is 3.32. The van der Waals surface area contributed by atoms with E-state index in [0.717, 1.165) is 4.47 Å². The lowest BCUT2D eigenvalue weighted by Gasteiger charge is -2.25. The first-order valence-corrected chi connectivity index (χ1v) is 10.3. The Bertz CT molecular complexity index is 940. The van der Waals surface area contributed by atoms with Crippen molar-refractivity contribution in [1.29, 1.82) is 0 Å². The molecule has 0 spiro atoms. The second kappa shape index (κ2) is 8.47. The minimum Gasteiger partial charge on any atom is -0.375 e. The van der Waals surface area contributed by atoms with Gasteiger partial charge < -0.3 is 10.0 Å². The lowest BCUT2D eigenvalue weighted by molar-refractivity contribution is -0.138. The van der Waals surface area contributed by atoms with E-state index >= 15 is 0 Å². The van der Waals surface area contributed by atoms with Gasteiger partial charge in [-0.1, -0.05) is 46.3 Å². The molecular formula is C22H23BrN2O4. The first kappa shape index (κ1) is 21.2. The lowest BCUT2D eigenvalue weighted by Crippen LogP contribution is -2.46. The SMILES string of the molecule is CCN(CC)C(=O)CN1C(=O)[C@@](O)(CC(=O)c2ccc(Br)cc2)c2ccccc21. The van der Waals surface area contributed by atoms with Gasteiger partial charge in [-0.25, -0.2) is 0 Å². The van der Waals surface area contributed by atoms with Gasteiger partial charge in [0.25, 0.3) is 5.91 Å². The molecule has 1 aliphatic rings. The predicted octanol–water partition coefficient (Wildman–Crippen LogP) is 3.12. The number of likely N-dealkylation sites (N-methyl/N-ethyl adjacent to an activating group) is 1. The van der Waals surface area contributed by atoms with E-state index in [1.54, 1.807) is 53.4 Å². The van der Waals surface area contributed by atoms with E-state index in [4.69, 9.17) is 0 Å². The number of hydrogen-bond acceptors (Lipinski definition) is 4. The zero-order valence-electron chi connectivity index (χ0n) is 16.4. The molecule has 0 fully saturated rings. The van der Waals surface area contributed by atoms with Crippen molar-refractivity contribution in [1.82, 2.24) is 4.90 Å². The van der Waals surface area contributed by atoms with Crippen LogP contribution in [0.2, 0.25) is 0 Å². The molecule has 1 aliphatic heterocycles. The molecule has 1 N–H and O–H groups in total. The summed E-state index contributed by atoms with van der Waals surface area (Å²) < 4.78 is 0.830. The summed E-state index contributed by atoms with van der Waals surface area (Å²) in [5.41, 5.74) is -0.777. The van der Waals surface area contributed by atoms with Crippen LogP contribution in [-0.2, 0) is 15.2 Å². The first-order valence-electron chi connectivity index (χ1n) is 9.52. The highest BCUT2D eigenvalue weighted by Gasteiger charge is 2.51. The van der Waals surface area contributed by atoms with Gasteiger partial charge in [-0.15, -0.1) is 0 Å². The molecule has 7 heteroatoms. The zero-order valence-corrected chi connectivity index (χ0v) is 18.0. The van der Waals surface area contributed by atoms with Crippen LogP contribution < -0.4 is 4.90 Å². The van der Waals surface area contributed by atoms with Crippen LogP contribution in [0.25, 0.3) is 0 Å². The van der Waals surface area contributed by atoms with Crippen LogP contribution in [0, 0.1) is 0 Å². The molecule has 6 nitrogen and oxygen atoms in total. The second-order valence-corrected chi connectivity index (χ2v) is 7.86. The molecule has 0 aromatic heterocycles. The van der Waals surface area contributed by atoms with Crippen molar-refractivity contribution >= 4 is 39.2 Å². The summed E-state index contributed by atoms with van der Waals surface area (Å²) in [5, 5.41) is 11.3. The fourth-order valence-electron chi connectivity index (χ4n) is 3.62. The van der Waals surface area contributed by atoms with E-state index in [1.807, 2.05) is 13.8 Å². The number of aliphatic hydroxyl groups is 1. The van der Waals surface area contributed by atoms with Gasteiger partial charge in [0.2, 0.25) is 5.91 Å². The quantitative estimate of drug-likeness (QED) is 0.646. The van der Waals surface area contributed by atoms with Crippen LogP contribution >= 0.6 is 15.9 Å². The van der Waals surface area contributed by atoms with Gasteiger partial charge in [0.15, 0.2) is 11.4 Å². The molecule has 1 atom stereocenters. The molecule has 2 aromatic carbocycles. The Morgan fingerprint density at radius 3 is 2.31 bits per heavy atom. The molecule has 152 valence electrons. The molecular weight excluding hydrogens is 436 g/mol. The van der Waals surface area contributed by atoms with Gasteiger partial charge in [-0.3, -0.25) is 19.3 Å². The molecule has 29 heavy (non-hydrogen) atoms. The summed E-state index contributed by atoms with van der Waals surface area (Å²) in [7, 11) is 0. The summed E-state index contributed by atoms with van der Waals surface area (Å²) in [6.45, 7) is 4.63. The topological polar surface area (TPSA) is 77.9 Å². The number of ketones is 1. The zero-order chi connectivity index (χ0) is 21.2. The number of para-hydroxylation sites is 1.